The van der Waals surface area contributed by atoms with Crippen molar-refractivity contribution in [2.45, 2.75) is 39.3 Å². The predicted octanol–water partition coefficient (Wildman–Crippen LogP) is 1.03. The quantitative estimate of drug-likeness (QED) is 0.868. The molecule has 2 rings (SSSR count). The van der Waals surface area contributed by atoms with E-state index in [9.17, 15) is 0 Å². The summed E-state index contributed by atoms with van der Waals surface area (Å²) in [7, 11) is 1.92. The summed E-state index contributed by atoms with van der Waals surface area (Å²) in [5.74, 6) is 0.729. The van der Waals surface area contributed by atoms with Gasteiger partial charge >= 0.3 is 0 Å². The van der Waals surface area contributed by atoms with Crippen LogP contribution in [-0.4, -0.2) is 45.6 Å². The molecule has 0 aliphatic carbocycles. The van der Waals surface area contributed by atoms with Crippen LogP contribution in [0.5, 0.6) is 0 Å². The van der Waals surface area contributed by atoms with Gasteiger partial charge in [-0.3, -0.25) is 9.58 Å². The highest BCUT2D eigenvalue weighted by atomic mass is 15.4. The van der Waals surface area contributed by atoms with Crippen LogP contribution in [0, 0.1) is 5.92 Å². The van der Waals surface area contributed by atoms with Crippen molar-refractivity contribution in [1.29, 1.82) is 0 Å². The lowest BCUT2D eigenvalue weighted by Crippen LogP contribution is -2.41. The second-order valence-electron chi connectivity index (χ2n) is 5.42. The number of nitrogens with zero attached hydrogens (tertiary/aromatic N) is 4. The van der Waals surface area contributed by atoms with Crippen molar-refractivity contribution in [2.75, 3.05) is 19.6 Å². The van der Waals surface area contributed by atoms with E-state index in [1.54, 1.807) is 4.68 Å². The molecule has 1 saturated heterocycles. The fourth-order valence-electron chi connectivity index (χ4n) is 2.53. The number of rotatable bonds is 4. The first kappa shape index (κ1) is 13.5. The molecule has 0 amide bonds. The topological polar surface area (TPSA) is 46.0 Å². The lowest BCUT2D eigenvalue weighted by molar-refractivity contribution is 0.229. The molecule has 2 unspecified atom stereocenters. The van der Waals surface area contributed by atoms with Gasteiger partial charge in [0.05, 0.1) is 5.69 Å². The molecule has 1 fully saturated rings. The SMILES string of the molecule is CCC(C)C1CN(Cc2cn(C)nn2)CCCN1. The van der Waals surface area contributed by atoms with Crippen LogP contribution in [0.1, 0.15) is 32.4 Å². The van der Waals surface area contributed by atoms with Crippen LogP contribution in [0.3, 0.4) is 0 Å². The van der Waals surface area contributed by atoms with Crippen LogP contribution in [0.25, 0.3) is 0 Å². The van der Waals surface area contributed by atoms with Crippen molar-refractivity contribution >= 4 is 0 Å². The molecule has 1 aliphatic rings. The molecule has 5 heteroatoms. The summed E-state index contributed by atoms with van der Waals surface area (Å²) >= 11 is 0. The van der Waals surface area contributed by atoms with E-state index in [4.69, 9.17) is 0 Å². The second kappa shape index (κ2) is 6.29. The lowest BCUT2D eigenvalue weighted by atomic mass is 9.99. The average molecular weight is 251 g/mol. The largest absolute Gasteiger partial charge is 0.312 e. The highest BCUT2D eigenvalue weighted by molar-refractivity contribution is 4.93. The van der Waals surface area contributed by atoms with Crippen molar-refractivity contribution in [2.24, 2.45) is 13.0 Å². The fourth-order valence-corrected chi connectivity index (χ4v) is 2.53. The molecule has 1 N–H and O–H groups in total. The van der Waals surface area contributed by atoms with Crippen LogP contribution >= 0.6 is 0 Å². The molecule has 0 aromatic carbocycles. The Bertz CT molecular complexity index is 362. The number of hydrogen-bond donors (Lipinski definition) is 1. The predicted molar refractivity (Wildman–Crippen MR) is 72.1 cm³/mol. The molecular formula is C13H25N5. The molecule has 2 atom stereocenters. The van der Waals surface area contributed by atoms with Crippen LogP contribution in [0.15, 0.2) is 6.20 Å². The molecule has 102 valence electrons. The Hall–Kier alpha value is -0.940. The zero-order valence-electron chi connectivity index (χ0n) is 11.8. The monoisotopic (exact) mass is 251 g/mol. The van der Waals surface area contributed by atoms with Crippen molar-refractivity contribution in [3.8, 4) is 0 Å². The van der Waals surface area contributed by atoms with Gasteiger partial charge in [0.2, 0.25) is 0 Å². The molecular weight excluding hydrogens is 226 g/mol. The Labute approximate surface area is 110 Å². The normalized spacial score (nSPS) is 23.8. The van der Waals surface area contributed by atoms with Gasteiger partial charge in [-0.2, -0.15) is 0 Å². The maximum atomic E-state index is 4.18. The van der Waals surface area contributed by atoms with Gasteiger partial charge in [-0.15, -0.1) is 5.10 Å². The van der Waals surface area contributed by atoms with E-state index in [-0.39, 0.29) is 0 Å². The minimum absolute atomic E-state index is 0.606. The maximum absolute atomic E-state index is 4.18. The molecule has 5 nitrogen and oxygen atoms in total. The van der Waals surface area contributed by atoms with Gasteiger partial charge in [0.25, 0.3) is 0 Å². The van der Waals surface area contributed by atoms with E-state index in [2.05, 4.69) is 34.4 Å². The minimum atomic E-state index is 0.606. The Kier molecular flexibility index (Phi) is 4.72. The summed E-state index contributed by atoms with van der Waals surface area (Å²) in [5.41, 5.74) is 1.07. The van der Waals surface area contributed by atoms with Crippen LogP contribution in [0.4, 0.5) is 0 Å². The third-order valence-electron chi connectivity index (χ3n) is 3.88. The smallest absolute Gasteiger partial charge is 0.0967 e. The zero-order valence-corrected chi connectivity index (χ0v) is 11.8. The van der Waals surface area contributed by atoms with E-state index >= 15 is 0 Å². The van der Waals surface area contributed by atoms with E-state index in [0.29, 0.717) is 6.04 Å². The first-order valence-corrected chi connectivity index (χ1v) is 7.00. The number of aryl methyl sites for hydroxylation is 1. The van der Waals surface area contributed by atoms with Gasteiger partial charge < -0.3 is 5.32 Å². The first-order valence-electron chi connectivity index (χ1n) is 7.00. The standard InChI is InChI=1S/C13H25N5/c1-4-11(2)13-10-18(7-5-6-14-13)9-12-8-17(3)16-15-12/h8,11,13-14H,4-7,9-10H2,1-3H3. The number of nitrogens with one attached hydrogen (secondary N) is 1. The van der Waals surface area contributed by atoms with Crippen molar-refractivity contribution in [3.05, 3.63) is 11.9 Å². The number of aromatic nitrogens is 3. The first-order chi connectivity index (χ1) is 8.69. The van der Waals surface area contributed by atoms with Crippen molar-refractivity contribution in [3.63, 3.8) is 0 Å². The third kappa shape index (κ3) is 3.53. The highest BCUT2D eigenvalue weighted by Gasteiger charge is 2.22. The van der Waals surface area contributed by atoms with E-state index in [0.717, 1.165) is 37.8 Å². The Morgan fingerprint density at radius 1 is 1.56 bits per heavy atom. The van der Waals surface area contributed by atoms with Crippen molar-refractivity contribution in [1.82, 2.24) is 25.2 Å². The van der Waals surface area contributed by atoms with Gasteiger partial charge in [0.1, 0.15) is 0 Å². The summed E-state index contributed by atoms with van der Waals surface area (Å²) in [6, 6.07) is 0.606. The number of hydrogen-bond acceptors (Lipinski definition) is 4. The summed E-state index contributed by atoms with van der Waals surface area (Å²) < 4.78 is 1.78. The summed E-state index contributed by atoms with van der Waals surface area (Å²) in [4.78, 5) is 2.50. The Morgan fingerprint density at radius 3 is 3.06 bits per heavy atom. The van der Waals surface area contributed by atoms with Gasteiger partial charge in [0.15, 0.2) is 0 Å². The van der Waals surface area contributed by atoms with E-state index < -0.39 is 0 Å². The van der Waals surface area contributed by atoms with Crippen LogP contribution in [-0.2, 0) is 13.6 Å². The summed E-state index contributed by atoms with van der Waals surface area (Å²) in [6.07, 6.45) is 4.46. The van der Waals surface area contributed by atoms with Gasteiger partial charge in [-0.05, 0) is 25.4 Å². The van der Waals surface area contributed by atoms with Gasteiger partial charge in [0, 0.05) is 32.4 Å². The molecule has 0 bridgehead atoms. The summed E-state index contributed by atoms with van der Waals surface area (Å²) in [5, 5.41) is 11.9. The van der Waals surface area contributed by atoms with Crippen LogP contribution < -0.4 is 5.32 Å². The third-order valence-corrected chi connectivity index (χ3v) is 3.88. The van der Waals surface area contributed by atoms with E-state index in [1.807, 2.05) is 13.2 Å². The van der Waals surface area contributed by atoms with Crippen LogP contribution in [0.2, 0.25) is 0 Å². The molecule has 0 saturated carbocycles. The van der Waals surface area contributed by atoms with Crippen molar-refractivity contribution < 1.29 is 0 Å². The highest BCUT2D eigenvalue weighted by Crippen LogP contribution is 2.13. The average Bonchev–Trinajstić information content (AvgIpc) is 2.64. The van der Waals surface area contributed by atoms with E-state index in [1.165, 1.54) is 12.8 Å². The Balaban J connectivity index is 1.94. The molecule has 1 aromatic heterocycles. The molecule has 2 heterocycles. The maximum Gasteiger partial charge on any atom is 0.0967 e. The summed E-state index contributed by atoms with van der Waals surface area (Å²) in [6.45, 7) is 8.92. The molecule has 1 aromatic rings. The second-order valence-corrected chi connectivity index (χ2v) is 5.42. The van der Waals surface area contributed by atoms with Gasteiger partial charge in [-0.25, -0.2) is 0 Å². The lowest BCUT2D eigenvalue weighted by Gasteiger charge is -2.27. The van der Waals surface area contributed by atoms with Gasteiger partial charge in [-0.1, -0.05) is 25.5 Å². The minimum Gasteiger partial charge on any atom is -0.312 e. The Morgan fingerprint density at radius 2 is 2.39 bits per heavy atom. The molecule has 0 radical (unpaired) electrons. The fraction of sp³-hybridized carbons (Fsp3) is 0.846. The molecule has 0 spiro atoms. The molecule has 18 heavy (non-hydrogen) atoms. The zero-order chi connectivity index (χ0) is 13.0. The molecule has 1 aliphatic heterocycles.